The molecule has 0 spiro atoms. The Morgan fingerprint density at radius 2 is 1.72 bits per heavy atom. The fraction of sp³-hybridized carbons (Fsp3) is 0.367. The van der Waals surface area contributed by atoms with Crippen molar-refractivity contribution >= 4 is 17.6 Å². The number of nitrogens with one attached hydrogen (secondary N) is 1. The number of carbonyl (C=O) groups is 2. The van der Waals surface area contributed by atoms with E-state index in [0.29, 0.717) is 12.2 Å². The fourth-order valence-electron chi connectivity index (χ4n) is 5.29. The van der Waals surface area contributed by atoms with Crippen molar-refractivity contribution in [3.63, 3.8) is 0 Å². The van der Waals surface area contributed by atoms with Gasteiger partial charge < -0.3 is 15.8 Å². The number of rotatable bonds is 8. The van der Waals surface area contributed by atoms with Crippen molar-refractivity contribution in [1.82, 2.24) is 14.8 Å². The van der Waals surface area contributed by atoms with E-state index >= 15 is 0 Å². The average molecular weight is 533 g/mol. The highest BCUT2D eigenvalue weighted by Crippen LogP contribution is 2.22. The van der Waals surface area contributed by atoms with Gasteiger partial charge in [0.05, 0.1) is 11.3 Å². The number of hydrogen-bond donors (Lipinski definition) is 2. The molecule has 9 heteroatoms. The second-order valence-corrected chi connectivity index (χ2v) is 10.2. The van der Waals surface area contributed by atoms with Crippen molar-refractivity contribution < 1.29 is 18.7 Å². The van der Waals surface area contributed by atoms with Gasteiger partial charge in [-0.25, -0.2) is 4.39 Å². The highest BCUT2D eigenvalue weighted by molar-refractivity contribution is 6.11. The predicted octanol–water partition coefficient (Wildman–Crippen LogP) is 3.09. The highest BCUT2D eigenvalue weighted by Gasteiger charge is 2.29. The summed E-state index contributed by atoms with van der Waals surface area (Å²) in [7, 11) is 0. The number of nitrogens with zero attached hydrogens (tertiary/aromatic N) is 2. The zero-order valence-corrected chi connectivity index (χ0v) is 21.8. The van der Waals surface area contributed by atoms with E-state index in [4.69, 9.17) is 10.5 Å². The Balaban J connectivity index is 1.22. The Morgan fingerprint density at radius 3 is 2.44 bits per heavy atom. The van der Waals surface area contributed by atoms with Gasteiger partial charge >= 0.3 is 5.97 Å². The summed E-state index contributed by atoms with van der Waals surface area (Å²) in [6.45, 7) is 2.99. The topological polar surface area (TPSA) is 107 Å². The molecule has 0 bridgehead atoms. The van der Waals surface area contributed by atoms with Gasteiger partial charge in [0, 0.05) is 37.8 Å². The van der Waals surface area contributed by atoms with E-state index in [-0.39, 0.29) is 46.4 Å². The standard InChI is InChI=1S/C30H33FN4O4/c31-22-9-7-21(8-10-22)28(37)25-13-14-27(36)35(29(25)32)23-11-5-20(6-12-23)15-17-34-18-16-33-26(19-34)30(38)39-24-3-1-2-4-24/h5-14,24,26,33H,1-4,15-19,32H2. The quantitative estimate of drug-likeness (QED) is 0.339. The number of hydrogen-bond acceptors (Lipinski definition) is 7. The van der Waals surface area contributed by atoms with E-state index in [1.807, 2.05) is 12.1 Å². The second kappa shape index (κ2) is 11.9. The summed E-state index contributed by atoms with van der Waals surface area (Å²) in [6, 6.07) is 15.1. The van der Waals surface area contributed by atoms with Crippen molar-refractivity contribution in [2.45, 2.75) is 44.2 Å². The number of piperazine rings is 1. The summed E-state index contributed by atoms with van der Waals surface area (Å²) in [5.74, 6) is -0.956. The van der Waals surface area contributed by atoms with Crippen LogP contribution >= 0.6 is 0 Å². The second-order valence-electron chi connectivity index (χ2n) is 10.2. The molecule has 2 aliphatic rings. The number of anilines is 1. The van der Waals surface area contributed by atoms with Crippen LogP contribution in [0.25, 0.3) is 5.69 Å². The van der Waals surface area contributed by atoms with Crippen LogP contribution in [0.5, 0.6) is 0 Å². The lowest BCUT2D eigenvalue weighted by Crippen LogP contribution is -2.55. The van der Waals surface area contributed by atoms with Gasteiger partial charge in [-0.2, -0.15) is 0 Å². The molecule has 1 aromatic heterocycles. The summed E-state index contributed by atoms with van der Waals surface area (Å²) in [5.41, 5.74) is 8.01. The van der Waals surface area contributed by atoms with E-state index in [9.17, 15) is 18.8 Å². The lowest BCUT2D eigenvalue weighted by atomic mass is 10.0. The molecule has 1 atom stereocenters. The van der Waals surface area contributed by atoms with Crippen LogP contribution in [-0.2, 0) is 16.0 Å². The highest BCUT2D eigenvalue weighted by atomic mass is 19.1. The summed E-state index contributed by atoms with van der Waals surface area (Å²) in [4.78, 5) is 40.5. The van der Waals surface area contributed by atoms with Gasteiger partial charge in [-0.15, -0.1) is 0 Å². The van der Waals surface area contributed by atoms with Crippen LogP contribution in [0, 0.1) is 5.82 Å². The molecule has 2 heterocycles. The Hall–Kier alpha value is -3.82. The molecule has 3 aromatic rings. The van der Waals surface area contributed by atoms with E-state index in [2.05, 4.69) is 10.2 Å². The van der Waals surface area contributed by atoms with Crippen molar-refractivity contribution in [3.05, 3.63) is 93.5 Å². The molecule has 1 unspecified atom stereocenters. The number of benzene rings is 2. The molecule has 1 saturated carbocycles. The maximum Gasteiger partial charge on any atom is 0.324 e. The monoisotopic (exact) mass is 532 g/mol. The maximum atomic E-state index is 13.3. The zero-order chi connectivity index (χ0) is 27.4. The molecule has 1 saturated heterocycles. The maximum absolute atomic E-state index is 13.3. The Labute approximate surface area is 226 Å². The first-order chi connectivity index (χ1) is 18.9. The van der Waals surface area contributed by atoms with E-state index in [1.165, 1.54) is 41.0 Å². The third-order valence-electron chi connectivity index (χ3n) is 7.52. The van der Waals surface area contributed by atoms with Gasteiger partial charge in [0.25, 0.3) is 5.56 Å². The van der Waals surface area contributed by atoms with Gasteiger partial charge in [-0.3, -0.25) is 23.9 Å². The van der Waals surface area contributed by atoms with Crippen molar-refractivity contribution in [3.8, 4) is 5.69 Å². The number of pyridine rings is 1. The number of halogens is 1. The normalized spacial score (nSPS) is 18.2. The largest absolute Gasteiger partial charge is 0.461 e. The van der Waals surface area contributed by atoms with Crippen LogP contribution in [-0.4, -0.2) is 59.5 Å². The number of nitrogen functional groups attached to an aromatic ring is 1. The SMILES string of the molecule is Nc1c(C(=O)c2ccc(F)cc2)ccc(=O)n1-c1ccc(CCN2CCNC(C(=O)OC3CCCC3)C2)cc1. The molecule has 0 radical (unpaired) electrons. The van der Waals surface area contributed by atoms with Crippen LogP contribution < -0.4 is 16.6 Å². The minimum Gasteiger partial charge on any atom is -0.461 e. The minimum atomic E-state index is -0.442. The smallest absolute Gasteiger partial charge is 0.324 e. The number of ketones is 1. The molecule has 0 amide bonds. The van der Waals surface area contributed by atoms with Gasteiger partial charge in [0.1, 0.15) is 23.8 Å². The molecule has 1 aliphatic heterocycles. The number of esters is 1. The van der Waals surface area contributed by atoms with Crippen LogP contribution in [0.2, 0.25) is 0 Å². The van der Waals surface area contributed by atoms with Crippen LogP contribution in [0.4, 0.5) is 10.2 Å². The molecular formula is C30H33FN4O4. The van der Waals surface area contributed by atoms with Crippen LogP contribution in [0.1, 0.15) is 47.2 Å². The number of carbonyl (C=O) groups excluding carboxylic acids is 2. The zero-order valence-electron chi connectivity index (χ0n) is 21.8. The molecule has 1 aliphatic carbocycles. The number of aromatic nitrogens is 1. The van der Waals surface area contributed by atoms with E-state index < -0.39 is 5.82 Å². The third kappa shape index (κ3) is 6.26. The van der Waals surface area contributed by atoms with Crippen molar-refractivity contribution in [2.24, 2.45) is 0 Å². The average Bonchev–Trinajstić information content (AvgIpc) is 3.46. The summed E-state index contributed by atoms with van der Waals surface area (Å²) < 4.78 is 20.3. The third-order valence-corrected chi connectivity index (χ3v) is 7.52. The van der Waals surface area contributed by atoms with E-state index in [1.54, 1.807) is 12.1 Å². The van der Waals surface area contributed by atoms with Crippen molar-refractivity contribution in [2.75, 3.05) is 31.9 Å². The van der Waals surface area contributed by atoms with Gasteiger partial charge in [-0.05, 0) is 80.1 Å². The molecule has 8 nitrogen and oxygen atoms in total. The number of ether oxygens (including phenoxy) is 1. The summed E-state index contributed by atoms with van der Waals surface area (Å²) >= 11 is 0. The summed E-state index contributed by atoms with van der Waals surface area (Å²) in [5, 5.41) is 3.28. The van der Waals surface area contributed by atoms with Gasteiger partial charge in [0.15, 0.2) is 5.78 Å². The lowest BCUT2D eigenvalue weighted by Gasteiger charge is -2.33. The Morgan fingerprint density at radius 1 is 1.00 bits per heavy atom. The number of nitrogens with two attached hydrogens (primary N) is 1. The van der Waals surface area contributed by atoms with Crippen LogP contribution in [0.15, 0.2) is 65.5 Å². The predicted molar refractivity (Wildman–Crippen MR) is 147 cm³/mol. The Bertz CT molecular complexity index is 1380. The van der Waals surface area contributed by atoms with Gasteiger partial charge in [-0.1, -0.05) is 12.1 Å². The van der Waals surface area contributed by atoms with Crippen LogP contribution in [0.3, 0.4) is 0 Å². The first-order valence-electron chi connectivity index (χ1n) is 13.5. The molecule has 3 N–H and O–H groups in total. The molecule has 2 aromatic carbocycles. The lowest BCUT2D eigenvalue weighted by molar-refractivity contribution is -0.152. The fourth-order valence-corrected chi connectivity index (χ4v) is 5.29. The first kappa shape index (κ1) is 26.8. The van der Waals surface area contributed by atoms with E-state index in [0.717, 1.165) is 57.3 Å². The molecule has 204 valence electrons. The summed E-state index contributed by atoms with van der Waals surface area (Å²) in [6.07, 6.45) is 5.02. The first-order valence-corrected chi connectivity index (χ1v) is 13.5. The van der Waals surface area contributed by atoms with Gasteiger partial charge in [0.2, 0.25) is 0 Å². The Kier molecular flexibility index (Phi) is 8.18. The molecule has 5 rings (SSSR count). The minimum absolute atomic E-state index is 0.0286. The van der Waals surface area contributed by atoms with Crippen molar-refractivity contribution in [1.29, 1.82) is 0 Å². The molecule has 2 fully saturated rings. The molecule has 39 heavy (non-hydrogen) atoms. The molecular weight excluding hydrogens is 499 g/mol.